The van der Waals surface area contributed by atoms with Gasteiger partial charge in [-0.25, -0.2) is 4.99 Å². The molecule has 1 unspecified atom stereocenters. The predicted octanol–water partition coefficient (Wildman–Crippen LogP) is 2.93. The normalized spacial score (nSPS) is 17.4. The van der Waals surface area contributed by atoms with Crippen molar-refractivity contribution in [3.8, 4) is 5.75 Å². The first-order valence-electron chi connectivity index (χ1n) is 9.43. The first-order chi connectivity index (χ1) is 13.9. The average molecular weight is 391 g/mol. The molecule has 148 valence electrons. The smallest absolute Gasteiger partial charge is 0.281 e. The van der Waals surface area contributed by atoms with Crippen molar-refractivity contribution in [2.24, 2.45) is 9.98 Å². The molecule has 1 aliphatic carbocycles. The summed E-state index contributed by atoms with van der Waals surface area (Å²) in [5.74, 6) is 0.655. The molecule has 1 fully saturated rings. The number of carbonyl (C=O) groups is 2. The molecule has 2 heterocycles. The number of hydrogen-bond donors (Lipinski definition) is 1. The van der Waals surface area contributed by atoms with Gasteiger partial charge in [-0.1, -0.05) is 24.8 Å². The Labute approximate surface area is 168 Å². The van der Waals surface area contributed by atoms with Crippen LogP contribution in [-0.2, 0) is 9.59 Å². The zero-order chi connectivity index (χ0) is 20.5. The van der Waals surface area contributed by atoms with Gasteiger partial charge in [-0.15, -0.1) is 0 Å². The van der Waals surface area contributed by atoms with Gasteiger partial charge in [-0.05, 0) is 38.8 Å². The van der Waals surface area contributed by atoms with Crippen molar-refractivity contribution >= 4 is 29.3 Å². The van der Waals surface area contributed by atoms with E-state index in [1.807, 2.05) is 18.2 Å². The van der Waals surface area contributed by atoms with Gasteiger partial charge in [0.25, 0.3) is 17.8 Å². The third-order valence-corrected chi connectivity index (χ3v) is 4.75. The number of benzene rings is 1. The first kappa shape index (κ1) is 18.8. The van der Waals surface area contributed by atoms with Gasteiger partial charge >= 0.3 is 0 Å². The lowest BCUT2D eigenvalue weighted by atomic mass is 10.2. The SMILES string of the molecule is C=C1C(=O)N=C(n2nc(C3CC3)cc2NC(=O)C(C)Oc2ccccc2)N=C1C. The zero-order valence-corrected chi connectivity index (χ0v) is 16.3. The number of hydrogen-bond acceptors (Lipinski definition) is 5. The molecule has 0 spiro atoms. The molecular formula is C21H21N5O3. The molecule has 0 bridgehead atoms. The number of aromatic nitrogens is 2. The quantitative estimate of drug-likeness (QED) is 0.793. The number of aliphatic imine (C=N–C) groups is 2. The van der Waals surface area contributed by atoms with Crippen molar-refractivity contribution in [1.29, 1.82) is 0 Å². The molecule has 1 aliphatic heterocycles. The van der Waals surface area contributed by atoms with Gasteiger partial charge in [0.05, 0.1) is 17.0 Å². The van der Waals surface area contributed by atoms with Crippen LogP contribution in [-0.4, -0.2) is 39.4 Å². The van der Waals surface area contributed by atoms with Gasteiger partial charge in [0.15, 0.2) is 6.10 Å². The third kappa shape index (κ3) is 4.01. The fourth-order valence-corrected chi connectivity index (χ4v) is 2.85. The second-order valence-corrected chi connectivity index (χ2v) is 7.10. The van der Waals surface area contributed by atoms with Gasteiger partial charge in [-0.2, -0.15) is 14.8 Å². The highest BCUT2D eigenvalue weighted by Crippen LogP contribution is 2.40. The Morgan fingerprint density at radius 2 is 2.00 bits per heavy atom. The Bertz CT molecular complexity index is 1050. The maximum Gasteiger partial charge on any atom is 0.281 e. The number of nitrogens with zero attached hydrogens (tertiary/aromatic N) is 4. The second-order valence-electron chi connectivity index (χ2n) is 7.10. The summed E-state index contributed by atoms with van der Waals surface area (Å²) in [5.41, 5.74) is 1.56. The van der Waals surface area contributed by atoms with E-state index in [-0.39, 0.29) is 17.4 Å². The molecular weight excluding hydrogens is 370 g/mol. The average Bonchev–Trinajstić information content (AvgIpc) is 3.47. The maximum atomic E-state index is 12.7. The van der Waals surface area contributed by atoms with E-state index in [4.69, 9.17) is 4.74 Å². The zero-order valence-electron chi connectivity index (χ0n) is 16.3. The van der Waals surface area contributed by atoms with Crippen LogP contribution in [0.25, 0.3) is 0 Å². The van der Waals surface area contributed by atoms with Crippen LogP contribution in [0.1, 0.15) is 38.3 Å². The van der Waals surface area contributed by atoms with Crippen LogP contribution < -0.4 is 10.1 Å². The van der Waals surface area contributed by atoms with E-state index in [1.165, 1.54) is 4.68 Å². The van der Waals surface area contributed by atoms with Crippen LogP contribution in [0.3, 0.4) is 0 Å². The monoisotopic (exact) mass is 391 g/mol. The van der Waals surface area contributed by atoms with E-state index in [9.17, 15) is 9.59 Å². The molecule has 2 amide bonds. The lowest BCUT2D eigenvalue weighted by molar-refractivity contribution is -0.122. The third-order valence-electron chi connectivity index (χ3n) is 4.75. The Hall–Kier alpha value is -3.55. The van der Waals surface area contributed by atoms with Crippen LogP contribution in [0.5, 0.6) is 5.75 Å². The minimum Gasteiger partial charge on any atom is -0.481 e. The molecule has 1 atom stereocenters. The fourth-order valence-electron chi connectivity index (χ4n) is 2.85. The number of rotatable bonds is 5. The van der Waals surface area contributed by atoms with Crippen LogP contribution in [0.15, 0.2) is 58.5 Å². The summed E-state index contributed by atoms with van der Waals surface area (Å²) in [7, 11) is 0. The molecule has 2 aliphatic rings. The molecule has 1 saturated carbocycles. The van der Waals surface area contributed by atoms with E-state index < -0.39 is 12.0 Å². The van der Waals surface area contributed by atoms with E-state index in [1.54, 1.807) is 32.0 Å². The van der Waals surface area contributed by atoms with Crippen LogP contribution in [0.4, 0.5) is 5.82 Å². The Morgan fingerprint density at radius 1 is 1.28 bits per heavy atom. The Balaban J connectivity index is 1.58. The highest BCUT2D eigenvalue weighted by Gasteiger charge is 2.30. The lowest BCUT2D eigenvalue weighted by Crippen LogP contribution is -2.32. The van der Waals surface area contributed by atoms with E-state index in [2.05, 4.69) is 27.0 Å². The Morgan fingerprint density at radius 3 is 2.66 bits per heavy atom. The summed E-state index contributed by atoms with van der Waals surface area (Å²) in [5, 5.41) is 7.35. The first-order valence-corrected chi connectivity index (χ1v) is 9.43. The van der Waals surface area contributed by atoms with Gasteiger partial charge in [0, 0.05) is 12.0 Å². The summed E-state index contributed by atoms with van der Waals surface area (Å²) in [6.07, 6.45) is 1.36. The molecule has 1 aromatic heterocycles. The van der Waals surface area contributed by atoms with Gasteiger partial charge < -0.3 is 10.1 Å². The van der Waals surface area contributed by atoms with Crippen molar-refractivity contribution in [2.45, 2.75) is 38.7 Å². The van der Waals surface area contributed by atoms with E-state index >= 15 is 0 Å². The minimum absolute atomic E-state index is 0.110. The second kappa shape index (κ2) is 7.46. The number of amides is 2. The van der Waals surface area contributed by atoms with Crippen LogP contribution in [0.2, 0.25) is 0 Å². The number of carbonyl (C=O) groups excluding carboxylic acids is 2. The molecule has 4 rings (SSSR count). The number of nitrogens with one attached hydrogen (secondary N) is 1. The number of ether oxygens (including phenoxy) is 1. The summed E-state index contributed by atoms with van der Waals surface area (Å²) in [6.45, 7) is 7.03. The molecule has 8 heteroatoms. The largest absolute Gasteiger partial charge is 0.481 e. The van der Waals surface area contributed by atoms with Crippen molar-refractivity contribution < 1.29 is 14.3 Å². The summed E-state index contributed by atoms with van der Waals surface area (Å²) >= 11 is 0. The molecule has 8 nitrogen and oxygen atoms in total. The molecule has 1 N–H and O–H groups in total. The Kier molecular flexibility index (Phi) is 4.84. The van der Waals surface area contributed by atoms with Crippen molar-refractivity contribution in [2.75, 3.05) is 5.32 Å². The van der Waals surface area contributed by atoms with Crippen LogP contribution >= 0.6 is 0 Å². The minimum atomic E-state index is -0.731. The number of para-hydroxylation sites is 1. The fraction of sp³-hybridized carbons (Fsp3) is 0.286. The summed E-state index contributed by atoms with van der Waals surface area (Å²) in [6, 6.07) is 10.9. The van der Waals surface area contributed by atoms with Crippen LogP contribution in [0, 0.1) is 0 Å². The molecule has 1 aromatic carbocycles. The maximum absolute atomic E-state index is 12.7. The molecule has 0 radical (unpaired) electrons. The lowest BCUT2D eigenvalue weighted by Gasteiger charge is -2.16. The van der Waals surface area contributed by atoms with Gasteiger partial charge in [0.2, 0.25) is 0 Å². The van der Waals surface area contributed by atoms with Gasteiger partial charge in [0.1, 0.15) is 11.6 Å². The molecule has 2 aromatic rings. The van der Waals surface area contributed by atoms with Crippen molar-refractivity contribution in [3.05, 3.63) is 54.2 Å². The summed E-state index contributed by atoms with van der Waals surface area (Å²) < 4.78 is 7.08. The molecule has 29 heavy (non-hydrogen) atoms. The topological polar surface area (TPSA) is 97.9 Å². The van der Waals surface area contributed by atoms with Crippen molar-refractivity contribution in [3.63, 3.8) is 0 Å². The number of anilines is 1. The predicted molar refractivity (Wildman–Crippen MR) is 109 cm³/mol. The highest BCUT2D eigenvalue weighted by molar-refractivity contribution is 6.27. The van der Waals surface area contributed by atoms with E-state index in [0.29, 0.717) is 23.2 Å². The van der Waals surface area contributed by atoms with Gasteiger partial charge in [-0.3, -0.25) is 9.59 Å². The van der Waals surface area contributed by atoms with Crippen molar-refractivity contribution in [1.82, 2.24) is 9.78 Å². The van der Waals surface area contributed by atoms with E-state index in [0.717, 1.165) is 18.5 Å². The molecule has 0 saturated heterocycles. The highest BCUT2D eigenvalue weighted by atomic mass is 16.5. The standard InChI is InChI=1S/C21H21N5O3/c1-12-13(2)22-21(24-19(12)27)26-18(11-17(25-26)15-9-10-15)23-20(28)14(3)29-16-7-5-4-6-8-16/h4-8,11,14-15H,1,9-10H2,2-3H3,(H,23,28). The summed E-state index contributed by atoms with van der Waals surface area (Å²) in [4.78, 5) is 33.1.